The van der Waals surface area contributed by atoms with Gasteiger partial charge < -0.3 is 13.9 Å². The summed E-state index contributed by atoms with van der Waals surface area (Å²) in [6.45, 7) is 1.77. The van der Waals surface area contributed by atoms with Gasteiger partial charge in [-0.1, -0.05) is 30.3 Å². The second-order valence-electron chi connectivity index (χ2n) is 7.09. The van der Waals surface area contributed by atoms with Crippen LogP contribution in [-0.2, 0) is 10.9 Å². The van der Waals surface area contributed by atoms with Crippen molar-refractivity contribution in [3.05, 3.63) is 88.0 Å². The molecule has 7 nitrogen and oxygen atoms in total. The Kier molecular flexibility index (Phi) is 5.97. The van der Waals surface area contributed by atoms with Crippen LogP contribution in [0.25, 0.3) is 22.3 Å². The Hall–Kier alpha value is -4.34. The molecule has 0 N–H and O–H groups in total. The second kappa shape index (κ2) is 8.89. The number of rotatable bonds is 6. The molecule has 0 spiro atoms. The Bertz CT molecular complexity index is 1380. The third-order valence-corrected chi connectivity index (χ3v) is 4.89. The van der Waals surface area contributed by atoms with Gasteiger partial charge in [-0.25, -0.2) is 4.79 Å². The van der Waals surface area contributed by atoms with Gasteiger partial charge in [0, 0.05) is 17.0 Å². The zero-order valence-corrected chi connectivity index (χ0v) is 17.6. The van der Waals surface area contributed by atoms with Gasteiger partial charge in [0.2, 0.25) is 5.75 Å². The fourth-order valence-electron chi connectivity index (χ4n) is 3.39. The van der Waals surface area contributed by atoms with Gasteiger partial charge in [-0.2, -0.15) is 13.2 Å². The molecule has 0 aliphatic rings. The van der Waals surface area contributed by atoms with E-state index in [1.165, 1.54) is 18.2 Å². The van der Waals surface area contributed by atoms with Crippen LogP contribution in [-0.4, -0.2) is 17.5 Å². The van der Waals surface area contributed by atoms with Crippen LogP contribution in [0.4, 0.5) is 18.9 Å². The van der Waals surface area contributed by atoms with E-state index in [0.29, 0.717) is 28.7 Å². The van der Waals surface area contributed by atoms with Crippen LogP contribution in [0.15, 0.2) is 71.1 Å². The number of halogens is 3. The third kappa shape index (κ3) is 4.42. The van der Waals surface area contributed by atoms with E-state index in [4.69, 9.17) is 13.9 Å². The highest BCUT2D eigenvalue weighted by atomic mass is 19.4. The summed E-state index contributed by atoms with van der Waals surface area (Å²) in [5.41, 5.74) is -0.930. The summed E-state index contributed by atoms with van der Waals surface area (Å²) in [6.07, 6.45) is -4.75. The summed E-state index contributed by atoms with van der Waals surface area (Å²) in [5, 5.41) is 11.7. The average molecular weight is 471 g/mol. The first-order chi connectivity index (χ1) is 16.2. The number of hydrogen-bond donors (Lipinski definition) is 0. The fourth-order valence-corrected chi connectivity index (χ4v) is 3.39. The van der Waals surface area contributed by atoms with E-state index in [0.717, 1.165) is 6.07 Å². The normalized spacial score (nSPS) is 11.4. The van der Waals surface area contributed by atoms with Crippen LogP contribution in [0.3, 0.4) is 0 Å². The van der Waals surface area contributed by atoms with Gasteiger partial charge in [0.1, 0.15) is 22.7 Å². The maximum atomic E-state index is 13.0. The van der Waals surface area contributed by atoms with Crippen molar-refractivity contribution >= 4 is 22.6 Å². The van der Waals surface area contributed by atoms with Crippen molar-refractivity contribution in [3.63, 3.8) is 0 Å². The molecule has 10 heteroatoms. The van der Waals surface area contributed by atoms with Crippen LogP contribution in [0, 0.1) is 10.1 Å². The summed E-state index contributed by atoms with van der Waals surface area (Å²) in [7, 11) is 0. The maximum absolute atomic E-state index is 13.0. The molecule has 0 atom stereocenters. The molecule has 4 rings (SSSR count). The topological polar surface area (TPSA) is 91.8 Å². The molecule has 1 aromatic heterocycles. The summed E-state index contributed by atoms with van der Waals surface area (Å²) >= 11 is 0. The standard InChI is InChI=1S/C24H16F3NO6/c1-2-32-23(29)21-17-13-16(9-11-19(17)34-22(21)14-6-4-3-5-7-14)33-20-10-8-15(24(25,26)27)12-18(20)28(30)31/h3-13H,2H2,1H3. The van der Waals surface area contributed by atoms with Crippen molar-refractivity contribution in [2.75, 3.05) is 6.61 Å². The van der Waals surface area contributed by atoms with Gasteiger partial charge >= 0.3 is 17.8 Å². The van der Waals surface area contributed by atoms with Gasteiger partial charge in [0.25, 0.3) is 0 Å². The van der Waals surface area contributed by atoms with Crippen LogP contribution in [0.2, 0.25) is 0 Å². The molecule has 0 amide bonds. The molecule has 34 heavy (non-hydrogen) atoms. The number of furan rings is 1. The summed E-state index contributed by atoms with van der Waals surface area (Å²) in [6, 6.07) is 15.2. The Morgan fingerprint density at radius 3 is 2.44 bits per heavy atom. The Balaban J connectivity index is 1.81. The van der Waals surface area contributed by atoms with E-state index < -0.39 is 28.3 Å². The Labute approximate surface area is 190 Å². The predicted octanol–water partition coefficient (Wildman–Crippen LogP) is 7.00. The van der Waals surface area contributed by atoms with Crippen molar-refractivity contribution < 1.29 is 36.8 Å². The van der Waals surface area contributed by atoms with Crippen molar-refractivity contribution in [3.8, 4) is 22.8 Å². The summed E-state index contributed by atoms with van der Waals surface area (Å²) < 4.78 is 55.5. The van der Waals surface area contributed by atoms with Crippen molar-refractivity contribution in [2.24, 2.45) is 0 Å². The highest BCUT2D eigenvalue weighted by Gasteiger charge is 2.33. The lowest BCUT2D eigenvalue weighted by molar-refractivity contribution is -0.385. The van der Waals surface area contributed by atoms with Gasteiger partial charge in [-0.15, -0.1) is 0 Å². The molecule has 0 aliphatic carbocycles. The molecule has 174 valence electrons. The quantitative estimate of drug-likeness (QED) is 0.171. The molecular formula is C24H16F3NO6. The first kappa shape index (κ1) is 22.8. The highest BCUT2D eigenvalue weighted by Crippen LogP contribution is 2.40. The molecule has 0 saturated carbocycles. The molecule has 3 aromatic carbocycles. The molecule has 0 fully saturated rings. The van der Waals surface area contributed by atoms with Gasteiger partial charge in [-0.05, 0) is 37.3 Å². The average Bonchev–Trinajstić information content (AvgIpc) is 3.18. The number of ether oxygens (including phenoxy) is 2. The van der Waals surface area contributed by atoms with Crippen molar-refractivity contribution in [2.45, 2.75) is 13.1 Å². The number of nitrogens with zero attached hydrogens (tertiary/aromatic N) is 1. The van der Waals surface area contributed by atoms with Crippen LogP contribution < -0.4 is 4.74 Å². The Morgan fingerprint density at radius 2 is 1.79 bits per heavy atom. The minimum absolute atomic E-state index is 0.0568. The third-order valence-electron chi connectivity index (χ3n) is 4.89. The van der Waals surface area contributed by atoms with Crippen LogP contribution >= 0.6 is 0 Å². The second-order valence-corrected chi connectivity index (χ2v) is 7.09. The van der Waals surface area contributed by atoms with E-state index >= 15 is 0 Å². The first-order valence-corrected chi connectivity index (χ1v) is 10.0. The van der Waals surface area contributed by atoms with E-state index in [9.17, 15) is 28.1 Å². The smallest absolute Gasteiger partial charge is 0.416 e. The molecule has 4 aromatic rings. The number of benzene rings is 3. The predicted molar refractivity (Wildman–Crippen MR) is 116 cm³/mol. The van der Waals surface area contributed by atoms with Crippen LogP contribution in [0.1, 0.15) is 22.8 Å². The lowest BCUT2D eigenvalue weighted by Gasteiger charge is -2.10. The first-order valence-electron chi connectivity index (χ1n) is 10.0. The zero-order valence-electron chi connectivity index (χ0n) is 17.6. The number of carbonyl (C=O) groups excluding carboxylic acids is 1. The highest BCUT2D eigenvalue weighted by molar-refractivity contribution is 6.09. The molecule has 1 heterocycles. The lowest BCUT2D eigenvalue weighted by atomic mass is 10.1. The van der Waals surface area contributed by atoms with Crippen molar-refractivity contribution in [1.82, 2.24) is 0 Å². The van der Waals surface area contributed by atoms with E-state index in [1.54, 1.807) is 37.3 Å². The van der Waals surface area contributed by atoms with E-state index in [-0.39, 0.29) is 29.4 Å². The minimum atomic E-state index is -4.75. The molecule has 0 saturated heterocycles. The summed E-state index contributed by atoms with van der Waals surface area (Å²) in [4.78, 5) is 23.1. The number of hydrogen-bond acceptors (Lipinski definition) is 6. The van der Waals surface area contributed by atoms with Gasteiger partial charge in [0.15, 0.2) is 0 Å². The zero-order chi connectivity index (χ0) is 24.5. The molecule has 0 unspecified atom stereocenters. The number of alkyl halides is 3. The largest absolute Gasteiger partial charge is 0.462 e. The SMILES string of the molecule is CCOC(=O)c1c(-c2ccccc2)oc2ccc(Oc3ccc(C(F)(F)F)cc3[N+](=O)[O-])cc12. The van der Waals surface area contributed by atoms with Crippen molar-refractivity contribution in [1.29, 1.82) is 0 Å². The summed E-state index contributed by atoms with van der Waals surface area (Å²) in [5.74, 6) is -0.701. The van der Waals surface area contributed by atoms with Gasteiger partial charge in [0.05, 0.1) is 17.1 Å². The maximum Gasteiger partial charge on any atom is 0.416 e. The number of fused-ring (bicyclic) bond motifs is 1. The molecule has 0 aliphatic heterocycles. The molecule has 0 radical (unpaired) electrons. The van der Waals surface area contributed by atoms with E-state index in [2.05, 4.69) is 0 Å². The molecule has 0 bridgehead atoms. The van der Waals surface area contributed by atoms with Gasteiger partial charge in [-0.3, -0.25) is 10.1 Å². The number of nitro benzene ring substituents is 1. The fraction of sp³-hybridized carbons (Fsp3) is 0.125. The number of nitro groups is 1. The Morgan fingerprint density at radius 1 is 1.06 bits per heavy atom. The molecular weight excluding hydrogens is 455 g/mol. The number of esters is 1. The monoisotopic (exact) mass is 471 g/mol. The minimum Gasteiger partial charge on any atom is -0.462 e. The number of carbonyl (C=O) groups is 1. The lowest BCUT2D eigenvalue weighted by Crippen LogP contribution is -2.06. The van der Waals surface area contributed by atoms with E-state index in [1.807, 2.05) is 0 Å². The van der Waals surface area contributed by atoms with Crippen LogP contribution in [0.5, 0.6) is 11.5 Å².